The first kappa shape index (κ1) is 14.6. The van der Waals surface area contributed by atoms with Gasteiger partial charge in [0.05, 0.1) is 31.5 Å². The molecule has 0 atom stereocenters. The van der Waals surface area contributed by atoms with Crippen LogP contribution in [0, 0.1) is 5.82 Å². The molecule has 2 aromatic rings. The van der Waals surface area contributed by atoms with Gasteiger partial charge in [-0.3, -0.25) is 0 Å². The Bertz CT molecular complexity index is 721. The number of hydrogen-bond acceptors (Lipinski definition) is 5. The number of aromatic nitrogens is 1. The van der Waals surface area contributed by atoms with Crippen molar-refractivity contribution in [1.29, 1.82) is 0 Å². The van der Waals surface area contributed by atoms with E-state index in [2.05, 4.69) is 19.8 Å². The van der Waals surface area contributed by atoms with E-state index in [4.69, 9.17) is 0 Å². The number of carbonyl (C=O) groups excluding carboxylic acids is 2. The number of nitrogens with one attached hydrogen (secondary N) is 2. The van der Waals surface area contributed by atoms with Crippen LogP contribution in [-0.2, 0) is 19.1 Å². The van der Waals surface area contributed by atoms with Gasteiger partial charge in [-0.05, 0) is 18.2 Å². The summed E-state index contributed by atoms with van der Waals surface area (Å²) in [6, 6.07) is 4.27. The van der Waals surface area contributed by atoms with Crippen LogP contribution in [0.15, 0.2) is 36.2 Å². The minimum absolute atomic E-state index is 0.119. The monoisotopic (exact) mass is 292 g/mol. The minimum atomic E-state index is -0.746. The van der Waals surface area contributed by atoms with Crippen molar-refractivity contribution in [1.82, 2.24) is 4.98 Å². The zero-order chi connectivity index (χ0) is 15.4. The van der Waals surface area contributed by atoms with Crippen molar-refractivity contribution in [3.63, 3.8) is 0 Å². The van der Waals surface area contributed by atoms with Crippen molar-refractivity contribution < 1.29 is 23.5 Å². The van der Waals surface area contributed by atoms with Crippen LogP contribution in [-0.4, -0.2) is 31.1 Å². The number of hydrogen-bond donors (Lipinski definition) is 2. The Morgan fingerprint density at radius 3 is 2.67 bits per heavy atom. The summed E-state index contributed by atoms with van der Waals surface area (Å²) >= 11 is 0. The van der Waals surface area contributed by atoms with E-state index < -0.39 is 17.8 Å². The number of halogens is 1. The number of fused-ring (bicyclic) bond motifs is 1. The smallest absolute Gasteiger partial charge is 0.354 e. The highest BCUT2D eigenvalue weighted by molar-refractivity contribution is 6.01. The molecule has 2 rings (SSSR count). The van der Waals surface area contributed by atoms with Crippen LogP contribution in [0.1, 0.15) is 0 Å². The van der Waals surface area contributed by atoms with Gasteiger partial charge in [0.15, 0.2) is 0 Å². The van der Waals surface area contributed by atoms with E-state index in [0.29, 0.717) is 16.6 Å². The molecule has 6 nitrogen and oxygen atoms in total. The summed E-state index contributed by atoms with van der Waals surface area (Å²) in [5.41, 5.74) is 0.776. The fourth-order valence-corrected chi connectivity index (χ4v) is 1.80. The molecule has 0 bridgehead atoms. The molecule has 0 spiro atoms. The van der Waals surface area contributed by atoms with E-state index in [1.54, 1.807) is 12.3 Å². The first-order valence-electron chi connectivity index (χ1n) is 5.97. The maximum atomic E-state index is 13.6. The first-order valence-corrected chi connectivity index (χ1v) is 5.97. The molecule has 0 unspecified atom stereocenters. The lowest BCUT2D eigenvalue weighted by molar-refractivity contribution is -0.138. The summed E-state index contributed by atoms with van der Waals surface area (Å²) < 4.78 is 22.7. The van der Waals surface area contributed by atoms with E-state index in [9.17, 15) is 14.0 Å². The van der Waals surface area contributed by atoms with Gasteiger partial charge in [0.25, 0.3) is 0 Å². The molecular formula is C14H13FN2O4. The van der Waals surface area contributed by atoms with Gasteiger partial charge < -0.3 is 19.8 Å². The van der Waals surface area contributed by atoms with E-state index in [-0.39, 0.29) is 5.70 Å². The number of H-pyrrole nitrogens is 1. The highest BCUT2D eigenvalue weighted by Gasteiger charge is 2.15. The Labute approximate surface area is 119 Å². The van der Waals surface area contributed by atoms with Gasteiger partial charge in [-0.25, -0.2) is 14.0 Å². The fourth-order valence-electron chi connectivity index (χ4n) is 1.80. The fraction of sp³-hybridized carbons (Fsp3) is 0.143. The number of aromatic amines is 1. The third-order valence-electron chi connectivity index (χ3n) is 2.81. The average molecular weight is 292 g/mol. The molecule has 0 fully saturated rings. The summed E-state index contributed by atoms with van der Waals surface area (Å²) in [5, 5.41) is 3.10. The van der Waals surface area contributed by atoms with Gasteiger partial charge in [0, 0.05) is 11.6 Å². The summed E-state index contributed by atoms with van der Waals surface area (Å²) in [4.78, 5) is 25.8. The minimum Gasteiger partial charge on any atom is -0.466 e. The van der Waals surface area contributed by atoms with Gasteiger partial charge in [0.1, 0.15) is 11.5 Å². The molecule has 0 aliphatic heterocycles. The topological polar surface area (TPSA) is 80.4 Å². The SMILES string of the molecule is COC(=O)/C=C(/Nc1ccc(F)c2cc[nH]c12)C(=O)OC. The third kappa shape index (κ3) is 3.02. The van der Waals surface area contributed by atoms with E-state index in [1.165, 1.54) is 26.4 Å². The molecule has 0 radical (unpaired) electrons. The summed E-state index contributed by atoms with van der Waals surface area (Å²) in [6.07, 6.45) is 2.53. The molecule has 1 aromatic carbocycles. The van der Waals surface area contributed by atoms with Gasteiger partial charge in [-0.15, -0.1) is 0 Å². The second-order valence-corrected chi connectivity index (χ2v) is 4.06. The van der Waals surface area contributed by atoms with Gasteiger partial charge in [-0.1, -0.05) is 0 Å². The Morgan fingerprint density at radius 2 is 2.00 bits per heavy atom. The zero-order valence-corrected chi connectivity index (χ0v) is 11.4. The van der Waals surface area contributed by atoms with Crippen molar-refractivity contribution in [2.45, 2.75) is 0 Å². The Kier molecular flexibility index (Phi) is 4.22. The van der Waals surface area contributed by atoms with Crippen molar-refractivity contribution in [2.24, 2.45) is 0 Å². The molecule has 110 valence electrons. The molecule has 2 N–H and O–H groups in total. The van der Waals surface area contributed by atoms with Crippen LogP contribution < -0.4 is 5.32 Å². The normalized spacial score (nSPS) is 11.3. The molecule has 1 heterocycles. The number of ether oxygens (including phenoxy) is 2. The number of rotatable bonds is 4. The summed E-state index contributed by atoms with van der Waals surface area (Å²) in [7, 11) is 2.37. The van der Waals surface area contributed by atoms with Crippen LogP contribution in [0.3, 0.4) is 0 Å². The van der Waals surface area contributed by atoms with Crippen molar-refractivity contribution >= 4 is 28.5 Å². The van der Waals surface area contributed by atoms with Crippen LogP contribution in [0.5, 0.6) is 0 Å². The van der Waals surface area contributed by atoms with Crippen molar-refractivity contribution in [3.05, 3.63) is 42.0 Å². The van der Waals surface area contributed by atoms with Gasteiger partial charge in [0.2, 0.25) is 0 Å². The molecule has 0 saturated heterocycles. The number of methoxy groups -OCH3 is 2. The zero-order valence-electron chi connectivity index (χ0n) is 11.4. The third-order valence-corrected chi connectivity index (χ3v) is 2.81. The molecular weight excluding hydrogens is 279 g/mol. The largest absolute Gasteiger partial charge is 0.466 e. The molecule has 0 amide bonds. The predicted octanol–water partition coefficient (Wildman–Crippen LogP) is 1.95. The maximum Gasteiger partial charge on any atom is 0.354 e. The molecule has 0 saturated carbocycles. The lowest BCUT2D eigenvalue weighted by Gasteiger charge is -2.10. The lowest BCUT2D eigenvalue weighted by atomic mass is 10.2. The number of esters is 2. The van der Waals surface area contributed by atoms with E-state index >= 15 is 0 Å². The predicted molar refractivity (Wildman–Crippen MR) is 74.0 cm³/mol. The molecule has 0 aliphatic rings. The average Bonchev–Trinajstić information content (AvgIpc) is 2.98. The van der Waals surface area contributed by atoms with Crippen LogP contribution in [0.25, 0.3) is 10.9 Å². The van der Waals surface area contributed by atoms with Crippen LogP contribution in [0.4, 0.5) is 10.1 Å². The van der Waals surface area contributed by atoms with Crippen LogP contribution in [0.2, 0.25) is 0 Å². The van der Waals surface area contributed by atoms with Gasteiger partial charge in [-0.2, -0.15) is 0 Å². The van der Waals surface area contributed by atoms with E-state index in [1.807, 2.05) is 0 Å². The number of anilines is 1. The Hall–Kier alpha value is -2.83. The Balaban J connectivity index is 2.42. The van der Waals surface area contributed by atoms with Crippen LogP contribution >= 0.6 is 0 Å². The summed E-state index contributed by atoms with van der Waals surface area (Å²) in [5.74, 6) is -1.86. The van der Waals surface area contributed by atoms with Gasteiger partial charge >= 0.3 is 11.9 Å². The standard InChI is InChI=1S/C14H13FN2O4/c1-20-12(18)7-11(14(19)21-2)17-10-4-3-9(15)8-5-6-16-13(8)10/h3-7,16-17H,1-2H3/b11-7+. The summed E-state index contributed by atoms with van der Waals surface area (Å²) in [6.45, 7) is 0. The molecule has 0 aliphatic carbocycles. The Morgan fingerprint density at radius 1 is 1.24 bits per heavy atom. The van der Waals surface area contributed by atoms with Crippen molar-refractivity contribution in [3.8, 4) is 0 Å². The number of carbonyl (C=O) groups is 2. The molecule has 7 heteroatoms. The molecule has 21 heavy (non-hydrogen) atoms. The number of benzene rings is 1. The lowest BCUT2D eigenvalue weighted by Crippen LogP contribution is -2.15. The highest BCUT2D eigenvalue weighted by Crippen LogP contribution is 2.25. The van der Waals surface area contributed by atoms with E-state index in [0.717, 1.165) is 6.08 Å². The second-order valence-electron chi connectivity index (χ2n) is 4.06. The second kappa shape index (κ2) is 6.08. The quantitative estimate of drug-likeness (QED) is 0.665. The highest BCUT2D eigenvalue weighted by atomic mass is 19.1. The molecule has 1 aromatic heterocycles. The maximum absolute atomic E-state index is 13.6. The van der Waals surface area contributed by atoms with Crippen molar-refractivity contribution in [2.75, 3.05) is 19.5 Å². The first-order chi connectivity index (χ1) is 10.1.